The summed E-state index contributed by atoms with van der Waals surface area (Å²) in [4.78, 5) is 16.2. The van der Waals surface area contributed by atoms with Gasteiger partial charge < -0.3 is 14.4 Å². The molecule has 1 aliphatic heterocycles. The molecule has 1 fully saturated rings. The molecule has 0 spiro atoms. The number of benzene rings is 3. The second-order valence-corrected chi connectivity index (χ2v) is 9.39. The van der Waals surface area contributed by atoms with Crippen LogP contribution < -0.4 is 9.47 Å². The summed E-state index contributed by atoms with van der Waals surface area (Å²) < 4.78 is 11.2. The van der Waals surface area contributed by atoms with Gasteiger partial charge in [-0.1, -0.05) is 73.5 Å². The maximum Gasteiger partial charge on any atom is 0.161 e. The van der Waals surface area contributed by atoms with Crippen LogP contribution in [-0.4, -0.2) is 62.5 Å². The van der Waals surface area contributed by atoms with E-state index in [2.05, 4.69) is 70.5 Å². The maximum atomic E-state index is 10.9. The van der Waals surface area contributed by atoms with Gasteiger partial charge in [0.25, 0.3) is 0 Å². The Balaban J connectivity index is 1.16. The van der Waals surface area contributed by atoms with Crippen molar-refractivity contribution < 1.29 is 14.3 Å². The van der Waals surface area contributed by atoms with Gasteiger partial charge in [0.1, 0.15) is 6.29 Å². The van der Waals surface area contributed by atoms with Crippen molar-refractivity contribution in [2.24, 2.45) is 0 Å². The van der Waals surface area contributed by atoms with Crippen molar-refractivity contribution in [3.8, 4) is 11.5 Å². The zero-order chi connectivity index (χ0) is 25.0. The second-order valence-electron chi connectivity index (χ2n) is 9.39. The molecule has 1 heterocycles. The third-order valence-electron chi connectivity index (χ3n) is 6.95. The van der Waals surface area contributed by atoms with E-state index >= 15 is 0 Å². The molecule has 0 N–H and O–H groups in total. The highest BCUT2D eigenvalue weighted by molar-refractivity contribution is 5.76. The summed E-state index contributed by atoms with van der Waals surface area (Å²) in [6.45, 7) is 6.25. The first-order valence-corrected chi connectivity index (χ1v) is 13.1. The van der Waals surface area contributed by atoms with Gasteiger partial charge in [-0.3, -0.25) is 9.69 Å². The van der Waals surface area contributed by atoms with Crippen LogP contribution in [0.15, 0.2) is 78.9 Å². The normalized spacial score (nSPS) is 14.6. The first-order valence-electron chi connectivity index (χ1n) is 13.1. The number of methoxy groups -OCH3 is 1. The minimum Gasteiger partial charge on any atom is -0.493 e. The molecule has 0 bridgehead atoms. The molecule has 36 heavy (non-hydrogen) atoms. The molecule has 0 atom stereocenters. The number of aldehydes is 1. The number of unbranched alkanes of at least 4 members (excludes halogenated alkanes) is 3. The van der Waals surface area contributed by atoms with Gasteiger partial charge in [-0.2, -0.15) is 0 Å². The molecule has 0 amide bonds. The summed E-state index contributed by atoms with van der Waals surface area (Å²) in [5.41, 5.74) is 3.34. The van der Waals surface area contributed by atoms with E-state index in [1.165, 1.54) is 24.0 Å². The molecule has 0 aromatic heterocycles. The van der Waals surface area contributed by atoms with Crippen molar-refractivity contribution in [3.63, 3.8) is 0 Å². The summed E-state index contributed by atoms with van der Waals surface area (Å²) >= 11 is 0. The molecule has 190 valence electrons. The molecule has 5 nitrogen and oxygen atoms in total. The fourth-order valence-corrected chi connectivity index (χ4v) is 4.98. The summed E-state index contributed by atoms with van der Waals surface area (Å²) in [5.74, 6) is 1.31. The van der Waals surface area contributed by atoms with E-state index in [9.17, 15) is 4.79 Å². The highest BCUT2D eigenvalue weighted by atomic mass is 16.5. The third kappa shape index (κ3) is 7.19. The lowest BCUT2D eigenvalue weighted by Crippen LogP contribution is -2.48. The van der Waals surface area contributed by atoms with Gasteiger partial charge in [-0.25, -0.2) is 0 Å². The SMILES string of the molecule is COc1cc(C=O)ccc1OCCCCCCN1CCN(C(c2ccccc2)c2ccccc2)CC1. The number of hydrogen-bond acceptors (Lipinski definition) is 5. The Kier molecular flexibility index (Phi) is 9.95. The lowest BCUT2D eigenvalue weighted by molar-refractivity contribution is 0.108. The number of rotatable bonds is 13. The van der Waals surface area contributed by atoms with Crippen molar-refractivity contribution >= 4 is 6.29 Å². The van der Waals surface area contributed by atoms with Crippen LogP contribution in [0.4, 0.5) is 0 Å². The zero-order valence-electron chi connectivity index (χ0n) is 21.4. The molecule has 0 radical (unpaired) electrons. The molecule has 3 aromatic rings. The summed E-state index contributed by atoms with van der Waals surface area (Å²) in [5, 5.41) is 0. The molecule has 5 heteroatoms. The quantitative estimate of drug-likeness (QED) is 0.224. The Morgan fingerprint density at radius 1 is 0.778 bits per heavy atom. The number of carbonyl (C=O) groups is 1. The van der Waals surface area contributed by atoms with Gasteiger partial charge in [-0.05, 0) is 48.7 Å². The topological polar surface area (TPSA) is 42.0 Å². The number of piperazine rings is 1. The van der Waals surface area contributed by atoms with Crippen LogP contribution >= 0.6 is 0 Å². The van der Waals surface area contributed by atoms with Gasteiger partial charge in [0.2, 0.25) is 0 Å². The Hall–Kier alpha value is -3.15. The van der Waals surface area contributed by atoms with E-state index in [-0.39, 0.29) is 0 Å². The van der Waals surface area contributed by atoms with Crippen molar-refractivity contribution in [3.05, 3.63) is 95.6 Å². The van der Waals surface area contributed by atoms with E-state index in [0.29, 0.717) is 29.7 Å². The monoisotopic (exact) mass is 486 g/mol. The fraction of sp³-hybridized carbons (Fsp3) is 0.387. The van der Waals surface area contributed by atoms with Crippen LogP contribution in [0, 0.1) is 0 Å². The summed E-state index contributed by atoms with van der Waals surface area (Å²) in [7, 11) is 1.60. The van der Waals surface area contributed by atoms with Gasteiger partial charge in [0, 0.05) is 31.7 Å². The average Bonchev–Trinajstić information content (AvgIpc) is 2.94. The number of ether oxygens (including phenoxy) is 2. The number of nitrogens with zero attached hydrogens (tertiary/aromatic N) is 2. The van der Waals surface area contributed by atoms with Crippen molar-refractivity contribution in [2.45, 2.75) is 31.7 Å². The molecule has 0 saturated carbocycles. The predicted molar refractivity (Wildman–Crippen MR) is 145 cm³/mol. The Bertz CT molecular complexity index is 1010. The molecule has 0 unspecified atom stereocenters. The zero-order valence-corrected chi connectivity index (χ0v) is 21.4. The second kappa shape index (κ2) is 13.8. The van der Waals surface area contributed by atoms with Crippen LogP contribution in [0.5, 0.6) is 11.5 Å². The maximum absolute atomic E-state index is 10.9. The van der Waals surface area contributed by atoms with Crippen molar-refractivity contribution in [1.29, 1.82) is 0 Å². The van der Waals surface area contributed by atoms with E-state index < -0.39 is 0 Å². The minimum absolute atomic E-state index is 0.322. The molecular weight excluding hydrogens is 448 g/mol. The van der Waals surface area contributed by atoms with Crippen LogP contribution in [0.3, 0.4) is 0 Å². The fourth-order valence-electron chi connectivity index (χ4n) is 4.98. The lowest BCUT2D eigenvalue weighted by atomic mass is 9.96. The van der Waals surface area contributed by atoms with Gasteiger partial charge in [0.15, 0.2) is 11.5 Å². The number of hydrogen-bond donors (Lipinski definition) is 0. The van der Waals surface area contributed by atoms with E-state index in [4.69, 9.17) is 9.47 Å². The van der Waals surface area contributed by atoms with Crippen molar-refractivity contribution in [2.75, 3.05) is 46.4 Å². The summed E-state index contributed by atoms with van der Waals surface area (Å²) in [6, 6.07) is 27.4. The average molecular weight is 487 g/mol. The lowest BCUT2D eigenvalue weighted by Gasteiger charge is -2.39. The van der Waals surface area contributed by atoms with E-state index in [1.54, 1.807) is 19.2 Å². The van der Waals surface area contributed by atoms with Crippen LogP contribution in [0.25, 0.3) is 0 Å². The standard InChI is InChI=1S/C31H38N2O3/c1-35-30-24-26(25-34)16-17-29(30)36-23-11-3-2-10-18-32-19-21-33(22-20-32)31(27-12-6-4-7-13-27)28-14-8-5-9-15-28/h4-9,12-17,24-25,31H,2-3,10-11,18-23H2,1H3. The van der Waals surface area contributed by atoms with Crippen LogP contribution in [0.2, 0.25) is 0 Å². The number of carbonyl (C=O) groups excluding carboxylic acids is 1. The Labute approximate surface area is 215 Å². The highest BCUT2D eigenvalue weighted by Gasteiger charge is 2.26. The predicted octanol–water partition coefficient (Wildman–Crippen LogP) is 5.85. The van der Waals surface area contributed by atoms with E-state index in [1.807, 2.05) is 6.07 Å². The van der Waals surface area contributed by atoms with Gasteiger partial charge in [-0.15, -0.1) is 0 Å². The first-order chi connectivity index (χ1) is 17.8. The Morgan fingerprint density at radius 3 is 2.03 bits per heavy atom. The molecule has 0 aliphatic carbocycles. The van der Waals surface area contributed by atoms with Gasteiger partial charge in [0.05, 0.1) is 19.8 Å². The molecular formula is C31H38N2O3. The third-order valence-corrected chi connectivity index (χ3v) is 6.95. The summed E-state index contributed by atoms with van der Waals surface area (Å²) in [6.07, 6.45) is 5.41. The van der Waals surface area contributed by atoms with Crippen LogP contribution in [0.1, 0.15) is 53.2 Å². The first kappa shape index (κ1) is 25.9. The minimum atomic E-state index is 0.322. The highest BCUT2D eigenvalue weighted by Crippen LogP contribution is 2.30. The largest absolute Gasteiger partial charge is 0.493 e. The van der Waals surface area contributed by atoms with Gasteiger partial charge >= 0.3 is 0 Å². The van der Waals surface area contributed by atoms with Crippen molar-refractivity contribution in [1.82, 2.24) is 9.80 Å². The molecule has 4 rings (SSSR count). The smallest absolute Gasteiger partial charge is 0.161 e. The Morgan fingerprint density at radius 2 is 1.42 bits per heavy atom. The van der Waals surface area contributed by atoms with Crippen LogP contribution in [-0.2, 0) is 0 Å². The molecule has 1 aliphatic rings. The molecule has 1 saturated heterocycles. The van der Waals surface area contributed by atoms with E-state index in [0.717, 1.165) is 51.9 Å². The molecule has 3 aromatic carbocycles.